The van der Waals surface area contributed by atoms with E-state index in [9.17, 15) is 13.2 Å². The number of hydrogen-bond donors (Lipinski definition) is 2. The Hall–Kier alpha value is -2.81. The van der Waals surface area contributed by atoms with E-state index in [0.717, 1.165) is 6.08 Å². The molecule has 1 aromatic carbocycles. The van der Waals surface area contributed by atoms with Gasteiger partial charge in [0.15, 0.2) is 0 Å². The fourth-order valence-corrected chi connectivity index (χ4v) is 2.35. The van der Waals surface area contributed by atoms with Gasteiger partial charge in [-0.1, -0.05) is 12.1 Å². The molecule has 21 heavy (non-hydrogen) atoms. The van der Waals surface area contributed by atoms with Gasteiger partial charge in [-0.3, -0.25) is 0 Å². The largest absolute Gasteiger partial charge is 0.478 e. The number of nitrogens with one attached hydrogen (secondary N) is 1. The van der Waals surface area contributed by atoms with Crippen LogP contribution in [0.15, 0.2) is 47.6 Å². The summed E-state index contributed by atoms with van der Waals surface area (Å²) in [7, 11) is -3.82. The first-order chi connectivity index (χ1) is 9.97. The molecule has 108 valence electrons. The molecule has 0 fully saturated rings. The van der Waals surface area contributed by atoms with Gasteiger partial charge in [-0.05, 0) is 23.8 Å². The van der Waals surface area contributed by atoms with Gasteiger partial charge in [-0.15, -0.1) is 5.10 Å². The van der Waals surface area contributed by atoms with Crippen LogP contribution in [0.4, 0.5) is 5.95 Å². The summed E-state index contributed by atoms with van der Waals surface area (Å²) in [6, 6.07) is 5.66. The minimum absolute atomic E-state index is 0.00225. The maximum absolute atomic E-state index is 12.0. The molecule has 0 aliphatic rings. The molecule has 9 heteroatoms. The predicted molar refractivity (Wildman–Crippen MR) is 73.7 cm³/mol. The molecule has 0 saturated heterocycles. The van der Waals surface area contributed by atoms with E-state index in [4.69, 9.17) is 5.11 Å². The Morgan fingerprint density at radius 1 is 1.19 bits per heavy atom. The summed E-state index contributed by atoms with van der Waals surface area (Å²) in [4.78, 5) is 14.1. The number of carboxylic acid groups (broad SMARTS) is 1. The van der Waals surface area contributed by atoms with Crippen LogP contribution >= 0.6 is 0 Å². The molecule has 1 aromatic heterocycles. The Bertz CT molecular complexity index is 758. The zero-order valence-corrected chi connectivity index (χ0v) is 11.4. The van der Waals surface area contributed by atoms with Crippen molar-refractivity contribution in [3.8, 4) is 0 Å². The first kappa shape index (κ1) is 14.6. The van der Waals surface area contributed by atoms with Crippen molar-refractivity contribution < 1.29 is 18.3 Å². The Morgan fingerprint density at radius 2 is 1.90 bits per heavy atom. The van der Waals surface area contributed by atoms with Crippen LogP contribution in [-0.2, 0) is 14.8 Å². The Kier molecular flexibility index (Phi) is 4.24. The first-order valence-electron chi connectivity index (χ1n) is 5.65. The summed E-state index contributed by atoms with van der Waals surface area (Å²) in [5, 5.41) is 15.6. The lowest BCUT2D eigenvalue weighted by Crippen LogP contribution is -2.15. The highest BCUT2D eigenvalue weighted by Crippen LogP contribution is 2.14. The van der Waals surface area contributed by atoms with Crippen LogP contribution in [0.5, 0.6) is 0 Å². The van der Waals surface area contributed by atoms with E-state index in [2.05, 4.69) is 19.9 Å². The normalized spacial score (nSPS) is 11.4. The third-order valence-corrected chi connectivity index (χ3v) is 3.66. The molecule has 8 nitrogen and oxygen atoms in total. The highest BCUT2D eigenvalue weighted by molar-refractivity contribution is 7.92. The SMILES string of the molecule is O=C(O)/C=C/c1ccc(S(=O)(=O)Nc2nccnn2)cc1. The molecule has 0 radical (unpaired) electrons. The molecule has 1 heterocycles. The van der Waals surface area contributed by atoms with E-state index in [1.165, 1.54) is 42.7 Å². The molecule has 0 unspecified atom stereocenters. The van der Waals surface area contributed by atoms with Crippen LogP contribution in [0.1, 0.15) is 5.56 Å². The molecule has 0 bridgehead atoms. The van der Waals surface area contributed by atoms with Gasteiger partial charge in [0.1, 0.15) is 0 Å². The summed E-state index contributed by atoms with van der Waals surface area (Å²) in [6.45, 7) is 0. The molecule has 0 aliphatic carbocycles. The monoisotopic (exact) mass is 306 g/mol. The van der Waals surface area contributed by atoms with Gasteiger partial charge in [0.2, 0.25) is 0 Å². The highest BCUT2D eigenvalue weighted by atomic mass is 32.2. The average molecular weight is 306 g/mol. The number of benzene rings is 1. The number of nitrogens with zero attached hydrogens (tertiary/aromatic N) is 3. The van der Waals surface area contributed by atoms with Crippen molar-refractivity contribution in [2.24, 2.45) is 0 Å². The Balaban J connectivity index is 2.19. The van der Waals surface area contributed by atoms with Gasteiger partial charge in [-0.2, -0.15) is 5.10 Å². The van der Waals surface area contributed by atoms with Crippen molar-refractivity contribution in [1.29, 1.82) is 0 Å². The third-order valence-electron chi connectivity index (χ3n) is 2.32. The van der Waals surface area contributed by atoms with Crippen LogP contribution in [0.25, 0.3) is 6.08 Å². The highest BCUT2D eigenvalue weighted by Gasteiger charge is 2.15. The molecule has 0 amide bonds. The Morgan fingerprint density at radius 3 is 2.48 bits per heavy atom. The number of sulfonamides is 1. The van der Waals surface area contributed by atoms with Crippen molar-refractivity contribution in [3.05, 3.63) is 48.3 Å². The standard InChI is InChI=1S/C12H10N4O4S/c17-11(18)6-3-9-1-4-10(5-2-9)21(19,20)16-12-13-7-8-14-15-12/h1-8H,(H,17,18)(H,13,15,16)/b6-3+. The molecule has 0 aliphatic heterocycles. The maximum Gasteiger partial charge on any atom is 0.328 e. The van der Waals surface area contributed by atoms with Gasteiger partial charge in [0, 0.05) is 6.08 Å². The molecule has 2 N–H and O–H groups in total. The van der Waals surface area contributed by atoms with Crippen molar-refractivity contribution in [3.63, 3.8) is 0 Å². The second kappa shape index (κ2) is 6.09. The van der Waals surface area contributed by atoms with Crippen molar-refractivity contribution in [2.45, 2.75) is 4.90 Å². The van der Waals surface area contributed by atoms with Gasteiger partial charge in [-0.25, -0.2) is 22.9 Å². The zero-order chi connectivity index (χ0) is 15.3. The van der Waals surface area contributed by atoms with Crippen LogP contribution < -0.4 is 4.72 Å². The smallest absolute Gasteiger partial charge is 0.328 e. The minimum Gasteiger partial charge on any atom is -0.478 e. The average Bonchev–Trinajstić information content (AvgIpc) is 2.46. The van der Waals surface area contributed by atoms with E-state index >= 15 is 0 Å². The Labute approximate surface area is 120 Å². The molecular weight excluding hydrogens is 296 g/mol. The maximum atomic E-state index is 12.0. The quantitative estimate of drug-likeness (QED) is 0.782. The van der Waals surface area contributed by atoms with Gasteiger partial charge in [0.25, 0.3) is 16.0 Å². The van der Waals surface area contributed by atoms with Crippen molar-refractivity contribution in [2.75, 3.05) is 4.72 Å². The molecule has 2 rings (SSSR count). The topological polar surface area (TPSA) is 122 Å². The number of aliphatic carboxylic acids is 1. The minimum atomic E-state index is -3.82. The van der Waals surface area contributed by atoms with Crippen molar-refractivity contribution in [1.82, 2.24) is 15.2 Å². The lowest BCUT2D eigenvalue weighted by molar-refractivity contribution is -0.131. The predicted octanol–water partition coefficient (Wildman–Crippen LogP) is 0.770. The third kappa shape index (κ3) is 4.08. The van der Waals surface area contributed by atoms with E-state index in [0.29, 0.717) is 5.56 Å². The molecule has 0 spiro atoms. The first-order valence-corrected chi connectivity index (χ1v) is 7.13. The zero-order valence-electron chi connectivity index (χ0n) is 10.5. The summed E-state index contributed by atoms with van der Waals surface area (Å²) in [6.07, 6.45) is 4.95. The van der Waals surface area contributed by atoms with E-state index < -0.39 is 16.0 Å². The van der Waals surface area contributed by atoms with Crippen LogP contribution in [-0.4, -0.2) is 34.7 Å². The second-order valence-corrected chi connectivity index (χ2v) is 5.49. The molecule has 0 saturated carbocycles. The van der Waals surface area contributed by atoms with Crippen LogP contribution in [0.3, 0.4) is 0 Å². The number of anilines is 1. The lowest BCUT2D eigenvalue weighted by atomic mass is 10.2. The van der Waals surface area contributed by atoms with Gasteiger partial charge < -0.3 is 5.11 Å². The number of rotatable bonds is 5. The fraction of sp³-hybridized carbons (Fsp3) is 0. The number of carboxylic acids is 1. The molecular formula is C12H10N4O4S. The summed E-state index contributed by atoms with van der Waals surface area (Å²) in [5.41, 5.74) is 0.564. The van der Waals surface area contributed by atoms with Crippen molar-refractivity contribution >= 4 is 28.0 Å². The molecule has 2 aromatic rings. The fourth-order valence-electron chi connectivity index (χ4n) is 1.40. The van der Waals surface area contributed by atoms with Crippen LogP contribution in [0, 0.1) is 0 Å². The van der Waals surface area contributed by atoms with E-state index in [-0.39, 0.29) is 10.8 Å². The number of aromatic nitrogens is 3. The number of carbonyl (C=O) groups is 1. The van der Waals surface area contributed by atoms with Gasteiger partial charge in [0.05, 0.1) is 17.3 Å². The van der Waals surface area contributed by atoms with E-state index in [1.54, 1.807) is 0 Å². The summed E-state index contributed by atoms with van der Waals surface area (Å²) in [5.74, 6) is -1.21. The number of hydrogen-bond acceptors (Lipinski definition) is 6. The van der Waals surface area contributed by atoms with E-state index in [1.807, 2.05) is 0 Å². The van der Waals surface area contributed by atoms with Crippen LogP contribution in [0.2, 0.25) is 0 Å². The second-order valence-electron chi connectivity index (χ2n) is 3.81. The molecule has 0 atom stereocenters. The summed E-state index contributed by atoms with van der Waals surface area (Å²) >= 11 is 0. The lowest BCUT2D eigenvalue weighted by Gasteiger charge is -2.05. The summed E-state index contributed by atoms with van der Waals surface area (Å²) < 4.78 is 26.3. The van der Waals surface area contributed by atoms with Gasteiger partial charge >= 0.3 is 5.97 Å².